The van der Waals surface area contributed by atoms with E-state index in [-0.39, 0.29) is 25.2 Å². The Hall–Kier alpha value is -3.24. The van der Waals surface area contributed by atoms with Crippen LogP contribution in [-0.4, -0.2) is 58.0 Å². The van der Waals surface area contributed by atoms with Gasteiger partial charge in [-0.05, 0) is 12.8 Å². The minimum Gasteiger partial charge on any atom is -0.370 e. The molecule has 0 unspecified atom stereocenters. The summed E-state index contributed by atoms with van der Waals surface area (Å²) in [6.07, 6.45) is 5.51. The lowest BCUT2D eigenvalue weighted by molar-refractivity contribution is -0.132. The molecule has 0 saturated carbocycles. The van der Waals surface area contributed by atoms with Crippen molar-refractivity contribution in [2.75, 3.05) is 0 Å². The van der Waals surface area contributed by atoms with Crippen LogP contribution in [0.2, 0.25) is 0 Å². The minimum atomic E-state index is -1.09. The Morgan fingerprint density at radius 1 is 1.13 bits per heavy atom. The molecule has 1 aromatic rings. The van der Waals surface area contributed by atoms with E-state index in [0.29, 0.717) is 24.8 Å². The van der Waals surface area contributed by atoms with Crippen molar-refractivity contribution in [3.8, 4) is 0 Å². The highest BCUT2D eigenvalue weighted by Gasteiger charge is 2.27. The molecule has 1 rings (SSSR count). The summed E-state index contributed by atoms with van der Waals surface area (Å²) >= 11 is 0. The minimum absolute atomic E-state index is 0.0386. The number of amides is 4. The quantitative estimate of drug-likeness (QED) is 0.242. The number of H-pyrrole nitrogens is 1. The summed E-state index contributed by atoms with van der Waals surface area (Å²) in [7, 11) is 0. The van der Waals surface area contributed by atoms with Crippen molar-refractivity contribution in [3.05, 3.63) is 18.2 Å². The van der Waals surface area contributed by atoms with Gasteiger partial charge >= 0.3 is 0 Å². The fourth-order valence-corrected chi connectivity index (χ4v) is 2.80. The van der Waals surface area contributed by atoms with Crippen LogP contribution in [0.1, 0.15) is 51.6 Å². The number of hydrogen-bond acceptors (Lipinski definition) is 6. The van der Waals surface area contributed by atoms with Crippen LogP contribution in [0.3, 0.4) is 0 Å². The van der Waals surface area contributed by atoms with Crippen molar-refractivity contribution in [1.29, 1.82) is 0 Å². The number of carbonyl (C=O) groups is 5. The van der Waals surface area contributed by atoms with Crippen LogP contribution in [0, 0.1) is 0 Å². The SMILES string of the molecule is CCCC[C@H](NC(C)=O)C(=O)N[C@@H](CCC(N)=O)C(=O)N[C@H](C=O)Cc1cnc[nH]1. The Bertz CT molecular complexity index is 721. The van der Waals surface area contributed by atoms with Crippen molar-refractivity contribution in [1.82, 2.24) is 25.9 Å². The number of hydrogen-bond donors (Lipinski definition) is 5. The lowest BCUT2D eigenvalue weighted by atomic mass is 10.1. The molecule has 11 nitrogen and oxygen atoms in total. The molecule has 166 valence electrons. The first-order valence-corrected chi connectivity index (χ1v) is 9.85. The summed E-state index contributed by atoms with van der Waals surface area (Å²) in [6, 6.07) is -2.75. The van der Waals surface area contributed by atoms with Crippen LogP contribution >= 0.6 is 0 Å². The predicted octanol–water partition coefficient (Wildman–Crippen LogP) is -0.919. The van der Waals surface area contributed by atoms with E-state index in [1.54, 1.807) is 0 Å². The number of nitrogens with one attached hydrogen (secondary N) is 4. The Morgan fingerprint density at radius 2 is 1.80 bits per heavy atom. The molecule has 0 radical (unpaired) electrons. The number of aromatic amines is 1. The van der Waals surface area contributed by atoms with Gasteiger partial charge in [0.2, 0.25) is 23.6 Å². The number of primary amides is 1. The van der Waals surface area contributed by atoms with Crippen molar-refractivity contribution < 1.29 is 24.0 Å². The molecular weight excluding hydrogens is 392 g/mol. The zero-order chi connectivity index (χ0) is 22.5. The molecule has 6 N–H and O–H groups in total. The van der Waals surface area contributed by atoms with Crippen LogP contribution in [-0.2, 0) is 30.4 Å². The molecular formula is C19H30N6O5. The lowest BCUT2D eigenvalue weighted by Crippen LogP contribution is -2.55. The smallest absolute Gasteiger partial charge is 0.243 e. The maximum absolute atomic E-state index is 12.7. The third-order valence-electron chi connectivity index (χ3n) is 4.34. The zero-order valence-electron chi connectivity index (χ0n) is 17.3. The fraction of sp³-hybridized carbons (Fsp3) is 0.579. The summed E-state index contributed by atoms with van der Waals surface area (Å²) in [6.45, 7) is 3.25. The number of aromatic nitrogens is 2. The van der Waals surface area contributed by atoms with Gasteiger partial charge in [-0.1, -0.05) is 19.8 Å². The molecule has 11 heteroatoms. The van der Waals surface area contributed by atoms with Gasteiger partial charge in [0.05, 0.1) is 12.4 Å². The number of nitrogens with two attached hydrogens (primary N) is 1. The largest absolute Gasteiger partial charge is 0.370 e. The maximum Gasteiger partial charge on any atom is 0.243 e. The Kier molecular flexibility index (Phi) is 10.8. The molecule has 30 heavy (non-hydrogen) atoms. The lowest BCUT2D eigenvalue weighted by Gasteiger charge is -2.23. The van der Waals surface area contributed by atoms with Crippen molar-refractivity contribution in [2.24, 2.45) is 5.73 Å². The molecule has 0 aliphatic carbocycles. The number of carbonyl (C=O) groups excluding carboxylic acids is 5. The summed E-state index contributed by atoms with van der Waals surface area (Å²) < 4.78 is 0. The average Bonchev–Trinajstić information content (AvgIpc) is 3.20. The van der Waals surface area contributed by atoms with Gasteiger partial charge in [0, 0.05) is 31.7 Å². The second-order valence-corrected chi connectivity index (χ2v) is 6.99. The Labute approximate surface area is 174 Å². The summed E-state index contributed by atoms with van der Waals surface area (Å²) in [5.74, 6) is -2.17. The van der Waals surface area contributed by atoms with E-state index in [1.807, 2.05) is 6.92 Å². The summed E-state index contributed by atoms with van der Waals surface area (Å²) in [4.78, 5) is 66.0. The van der Waals surface area contributed by atoms with Gasteiger partial charge < -0.3 is 31.5 Å². The van der Waals surface area contributed by atoms with Crippen LogP contribution in [0.4, 0.5) is 0 Å². The number of nitrogens with zero attached hydrogens (tertiary/aromatic N) is 1. The number of unbranched alkanes of at least 4 members (excludes halogenated alkanes) is 1. The molecule has 0 aliphatic heterocycles. The fourth-order valence-electron chi connectivity index (χ4n) is 2.80. The Morgan fingerprint density at radius 3 is 2.33 bits per heavy atom. The van der Waals surface area contributed by atoms with E-state index in [9.17, 15) is 24.0 Å². The van der Waals surface area contributed by atoms with Gasteiger partial charge in [0.1, 0.15) is 18.4 Å². The standard InChI is InChI=1S/C19H30N6O5/c1-3-4-5-15(23-12(2)27)19(30)25-16(6-7-17(20)28)18(29)24-14(10-26)8-13-9-21-11-22-13/h9-11,14-16H,3-8H2,1-2H3,(H2,20,28)(H,21,22)(H,23,27)(H,24,29)(H,25,30)/t14-,15-,16-/m0/s1. The molecule has 3 atom stereocenters. The van der Waals surface area contributed by atoms with Gasteiger partial charge in [0.15, 0.2) is 0 Å². The molecule has 0 aromatic carbocycles. The van der Waals surface area contributed by atoms with E-state index in [1.165, 1.54) is 19.4 Å². The molecule has 0 aliphatic rings. The van der Waals surface area contributed by atoms with E-state index in [4.69, 9.17) is 5.73 Å². The maximum atomic E-state index is 12.7. The highest BCUT2D eigenvalue weighted by atomic mass is 16.2. The van der Waals surface area contributed by atoms with Gasteiger partial charge in [-0.15, -0.1) is 0 Å². The van der Waals surface area contributed by atoms with E-state index < -0.39 is 35.8 Å². The molecule has 0 bridgehead atoms. The monoisotopic (exact) mass is 422 g/mol. The predicted molar refractivity (Wildman–Crippen MR) is 108 cm³/mol. The van der Waals surface area contributed by atoms with E-state index in [2.05, 4.69) is 25.9 Å². The summed E-state index contributed by atoms with van der Waals surface area (Å²) in [5, 5.41) is 7.68. The number of aldehydes is 1. The van der Waals surface area contributed by atoms with Crippen LogP contribution < -0.4 is 21.7 Å². The first-order valence-electron chi connectivity index (χ1n) is 9.85. The van der Waals surface area contributed by atoms with E-state index >= 15 is 0 Å². The van der Waals surface area contributed by atoms with Crippen molar-refractivity contribution in [2.45, 2.75) is 70.5 Å². The number of rotatable bonds is 14. The van der Waals surface area contributed by atoms with E-state index in [0.717, 1.165) is 6.42 Å². The van der Waals surface area contributed by atoms with Crippen LogP contribution in [0.5, 0.6) is 0 Å². The zero-order valence-corrected chi connectivity index (χ0v) is 17.3. The van der Waals surface area contributed by atoms with Crippen LogP contribution in [0.15, 0.2) is 12.5 Å². The molecule has 0 fully saturated rings. The molecule has 4 amide bonds. The van der Waals surface area contributed by atoms with Gasteiger partial charge in [-0.2, -0.15) is 0 Å². The van der Waals surface area contributed by atoms with Gasteiger partial charge in [-0.25, -0.2) is 4.98 Å². The highest BCUT2D eigenvalue weighted by Crippen LogP contribution is 2.05. The topological polar surface area (TPSA) is 176 Å². The van der Waals surface area contributed by atoms with Crippen molar-refractivity contribution in [3.63, 3.8) is 0 Å². The van der Waals surface area contributed by atoms with Crippen molar-refractivity contribution >= 4 is 29.9 Å². The average molecular weight is 422 g/mol. The van der Waals surface area contributed by atoms with Gasteiger partial charge in [-0.3, -0.25) is 19.2 Å². The first kappa shape index (κ1) is 24.8. The number of imidazole rings is 1. The second kappa shape index (κ2) is 13.1. The molecule has 0 spiro atoms. The Balaban J connectivity index is 2.85. The van der Waals surface area contributed by atoms with Gasteiger partial charge in [0.25, 0.3) is 0 Å². The molecule has 1 heterocycles. The molecule has 1 aromatic heterocycles. The third-order valence-corrected chi connectivity index (χ3v) is 4.34. The normalized spacial score (nSPS) is 13.5. The third kappa shape index (κ3) is 9.30. The second-order valence-electron chi connectivity index (χ2n) is 6.99. The summed E-state index contributed by atoms with van der Waals surface area (Å²) in [5.41, 5.74) is 5.82. The first-order chi connectivity index (χ1) is 14.3. The highest BCUT2D eigenvalue weighted by molar-refractivity contribution is 5.92. The molecule has 0 saturated heterocycles. The van der Waals surface area contributed by atoms with Crippen LogP contribution in [0.25, 0.3) is 0 Å².